The van der Waals surface area contributed by atoms with Gasteiger partial charge in [-0.3, -0.25) is 9.59 Å². The average Bonchev–Trinajstić information content (AvgIpc) is 3.19. The van der Waals surface area contributed by atoms with Gasteiger partial charge in [0, 0.05) is 4.47 Å². The molecule has 1 aromatic heterocycles. The van der Waals surface area contributed by atoms with Crippen molar-refractivity contribution in [2.24, 2.45) is 0 Å². The fourth-order valence-corrected chi connectivity index (χ4v) is 3.13. The zero-order valence-electron chi connectivity index (χ0n) is 15.0. The molecule has 0 aliphatic rings. The third kappa shape index (κ3) is 6.58. The number of benzene rings is 1. The number of furan rings is 1. The molecule has 7 nitrogen and oxygen atoms in total. The van der Waals surface area contributed by atoms with Crippen LogP contribution in [-0.2, 0) is 9.59 Å². The fourth-order valence-electron chi connectivity index (χ4n) is 2.24. The molecule has 0 aliphatic heterocycles. The van der Waals surface area contributed by atoms with Gasteiger partial charge in [-0.25, -0.2) is 4.79 Å². The van der Waals surface area contributed by atoms with E-state index in [4.69, 9.17) is 4.42 Å². The van der Waals surface area contributed by atoms with Crippen molar-refractivity contribution in [3.63, 3.8) is 0 Å². The van der Waals surface area contributed by atoms with Gasteiger partial charge < -0.3 is 20.2 Å². The van der Waals surface area contributed by atoms with Gasteiger partial charge in [0.2, 0.25) is 0 Å². The smallest absolute Gasteiger partial charge is 0.326 e. The van der Waals surface area contributed by atoms with E-state index in [1.807, 2.05) is 12.3 Å². The number of carbonyl (C=O) groups is 3. The largest absolute Gasteiger partial charge is 0.480 e. The molecule has 3 N–H and O–H groups in total. The number of carboxylic acids is 1. The lowest BCUT2D eigenvalue weighted by atomic mass is 10.1. The van der Waals surface area contributed by atoms with Crippen LogP contribution in [-0.4, -0.2) is 40.9 Å². The summed E-state index contributed by atoms with van der Waals surface area (Å²) in [5.74, 6) is -1.85. The summed E-state index contributed by atoms with van der Waals surface area (Å²) in [6.07, 6.45) is 4.92. The molecule has 1 atom stereocenters. The minimum atomic E-state index is -1.14. The Balaban J connectivity index is 2.27. The molecular weight excluding hydrogens is 448 g/mol. The predicted molar refractivity (Wildman–Crippen MR) is 111 cm³/mol. The van der Waals surface area contributed by atoms with Crippen molar-refractivity contribution < 1.29 is 23.9 Å². The molecule has 2 amide bonds. The number of aliphatic carboxylic acids is 1. The van der Waals surface area contributed by atoms with Crippen LogP contribution in [0.15, 0.2) is 57.2 Å². The van der Waals surface area contributed by atoms with Crippen LogP contribution in [0.2, 0.25) is 0 Å². The first-order valence-corrected chi connectivity index (χ1v) is 10.4. The third-order valence-electron chi connectivity index (χ3n) is 3.61. The number of amides is 2. The number of hydrogen-bond donors (Lipinski definition) is 3. The number of hydrogen-bond acceptors (Lipinski definition) is 5. The Morgan fingerprint density at radius 3 is 2.68 bits per heavy atom. The summed E-state index contributed by atoms with van der Waals surface area (Å²) in [7, 11) is 0. The van der Waals surface area contributed by atoms with Gasteiger partial charge in [-0.15, -0.1) is 0 Å². The van der Waals surface area contributed by atoms with E-state index in [1.54, 1.807) is 24.3 Å². The monoisotopic (exact) mass is 466 g/mol. The summed E-state index contributed by atoms with van der Waals surface area (Å²) in [5, 5.41) is 14.3. The number of rotatable bonds is 9. The molecule has 1 aromatic carbocycles. The van der Waals surface area contributed by atoms with Crippen molar-refractivity contribution in [3.8, 4) is 0 Å². The summed E-state index contributed by atoms with van der Waals surface area (Å²) in [6.45, 7) is 0. The first-order valence-electron chi connectivity index (χ1n) is 8.25. The van der Waals surface area contributed by atoms with E-state index < -0.39 is 23.8 Å². The highest BCUT2D eigenvalue weighted by Crippen LogP contribution is 2.15. The van der Waals surface area contributed by atoms with Crippen LogP contribution < -0.4 is 10.6 Å². The van der Waals surface area contributed by atoms with E-state index in [0.29, 0.717) is 11.3 Å². The highest BCUT2D eigenvalue weighted by molar-refractivity contribution is 9.10. The van der Waals surface area contributed by atoms with Gasteiger partial charge in [0.1, 0.15) is 11.7 Å². The molecule has 9 heteroatoms. The van der Waals surface area contributed by atoms with Gasteiger partial charge in [-0.05, 0) is 54.3 Å². The Hall–Kier alpha value is -2.52. The molecule has 0 radical (unpaired) electrons. The lowest BCUT2D eigenvalue weighted by molar-refractivity contribution is -0.141. The van der Waals surface area contributed by atoms with Crippen LogP contribution in [0.1, 0.15) is 22.5 Å². The molecule has 1 heterocycles. The van der Waals surface area contributed by atoms with Crippen molar-refractivity contribution in [1.82, 2.24) is 10.6 Å². The van der Waals surface area contributed by atoms with Crippen LogP contribution in [0, 0.1) is 0 Å². The van der Waals surface area contributed by atoms with Crippen molar-refractivity contribution in [2.45, 2.75) is 12.5 Å². The Labute approximate surface area is 174 Å². The second-order valence-electron chi connectivity index (χ2n) is 5.69. The van der Waals surface area contributed by atoms with Crippen LogP contribution >= 0.6 is 27.7 Å². The molecule has 0 saturated carbocycles. The first-order chi connectivity index (χ1) is 13.4. The highest BCUT2D eigenvalue weighted by Gasteiger charge is 2.23. The summed E-state index contributed by atoms with van der Waals surface area (Å²) in [4.78, 5) is 36.4. The second-order valence-corrected chi connectivity index (χ2v) is 7.59. The van der Waals surface area contributed by atoms with E-state index in [1.165, 1.54) is 30.2 Å². The predicted octanol–water partition coefficient (Wildman–Crippen LogP) is 3.14. The molecule has 0 spiro atoms. The van der Waals surface area contributed by atoms with Crippen LogP contribution in [0.3, 0.4) is 0 Å². The van der Waals surface area contributed by atoms with Gasteiger partial charge in [-0.2, -0.15) is 11.8 Å². The van der Waals surface area contributed by atoms with Crippen molar-refractivity contribution in [2.75, 3.05) is 12.0 Å². The molecule has 0 saturated heterocycles. The van der Waals surface area contributed by atoms with Crippen LogP contribution in [0.5, 0.6) is 0 Å². The first kappa shape index (κ1) is 21.8. The topological polar surface area (TPSA) is 109 Å². The van der Waals surface area contributed by atoms with Crippen molar-refractivity contribution in [1.29, 1.82) is 0 Å². The van der Waals surface area contributed by atoms with Gasteiger partial charge in [0.15, 0.2) is 5.76 Å². The zero-order chi connectivity index (χ0) is 20.5. The molecule has 1 unspecified atom stereocenters. The molecular formula is C19H19BrN2O5S. The number of carbonyl (C=O) groups excluding carboxylic acids is 2. The van der Waals surface area contributed by atoms with E-state index in [9.17, 15) is 19.5 Å². The average molecular weight is 467 g/mol. The number of thioether (sulfide) groups is 1. The second kappa shape index (κ2) is 10.7. The lowest BCUT2D eigenvalue weighted by Gasteiger charge is -2.16. The van der Waals surface area contributed by atoms with E-state index in [0.717, 1.165) is 4.47 Å². The summed E-state index contributed by atoms with van der Waals surface area (Å²) in [5.41, 5.74) is 0.560. The van der Waals surface area contributed by atoms with Crippen LogP contribution in [0.25, 0.3) is 6.08 Å². The van der Waals surface area contributed by atoms with Gasteiger partial charge in [-0.1, -0.05) is 28.1 Å². The lowest BCUT2D eigenvalue weighted by Crippen LogP contribution is -2.44. The molecule has 2 aromatic rings. The van der Waals surface area contributed by atoms with Crippen molar-refractivity contribution in [3.05, 3.63) is 64.2 Å². The van der Waals surface area contributed by atoms with E-state index in [-0.39, 0.29) is 17.9 Å². The number of nitrogens with one attached hydrogen (secondary N) is 2. The maximum atomic E-state index is 12.7. The molecule has 28 heavy (non-hydrogen) atoms. The number of halogens is 1. The maximum absolute atomic E-state index is 12.7. The molecule has 148 valence electrons. The molecule has 0 aliphatic carbocycles. The highest BCUT2D eigenvalue weighted by atomic mass is 79.9. The summed E-state index contributed by atoms with van der Waals surface area (Å²) >= 11 is 4.83. The van der Waals surface area contributed by atoms with E-state index in [2.05, 4.69) is 26.6 Å². The molecule has 0 fully saturated rings. The Morgan fingerprint density at radius 1 is 1.29 bits per heavy atom. The Kier molecular flexibility index (Phi) is 8.34. The molecule has 0 bridgehead atoms. The summed E-state index contributed by atoms with van der Waals surface area (Å²) < 4.78 is 5.84. The van der Waals surface area contributed by atoms with Gasteiger partial charge in [0.25, 0.3) is 11.8 Å². The zero-order valence-corrected chi connectivity index (χ0v) is 17.4. The molecule has 2 rings (SSSR count). The Morgan fingerprint density at radius 2 is 2.07 bits per heavy atom. The van der Waals surface area contributed by atoms with Crippen LogP contribution in [0.4, 0.5) is 0 Å². The quantitative estimate of drug-likeness (QED) is 0.489. The third-order valence-corrected chi connectivity index (χ3v) is 4.75. The minimum Gasteiger partial charge on any atom is -0.480 e. The Bertz CT molecular complexity index is 867. The summed E-state index contributed by atoms with van der Waals surface area (Å²) in [6, 6.07) is 9.05. The fraction of sp³-hybridized carbons (Fsp3) is 0.211. The van der Waals surface area contributed by atoms with Gasteiger partial charge in [0.05, 0.1) is 6.26 Å². The standard InChI is InChI=1S/C19H19BrN2O5S/c1-28-9-7-14(19(25)26)21-17(23)15(11-12-4-2-5-13(20)10-12)22-18(24)16-6-3-8-27-16/h2-6,8,10-11,14H,7,9H2,1H3,(H,21,23)(H,22,24)(H,25,26)/b15-11-. The minimum absolute atomic E-state index is 0.0325. The normalized spacial score (nSPS) is 12.3. The van der Waals surface area contributed by atoms with Crippen molar-refractivity contribution >= 4 is 51.6 Å². The SMILES string of the molecule is CSCCC(NC(=O)/C(=C/c1cccc(Br)c1)NC(=O)c1ccco1)C(=O)O. The maximum Gasteiger partial charge on any atom is 0.326 e. The number of carboxylic acid groups (broad SMARTS) is 1. The van der Waals surface area contributed by atoms with Gasteiger partial charge >= 0.3 is 5.97 Å². The van der Waals surface area contributed by atoms with E-state index >= 15 is 0 Å².